The molecule has 0 aliphatic heterocycles. The second kappa shape index (κ2) is 4.60. The van der Waals surface area contributed by atoms with E-state index in [4.69, 9.17) is 5.73 Å². The Bertz CT molecular complexity index is 92.6. The van der Waals surface area contributed by atoms with E-state index < -0.39 is 0 Å². The van der Waals surface area contributed by atoms with Crippen molar-refractivity contribution >= 4 is 0 Å². The van der Waals surface area contributed by atoms with Crippen LogP contribution < -0.4 is 5.73 Å². The fourth-order valence-electron chi connectivity index (χ4n) is 0.512. The Hall–Kier alpha value is -0.560. The molecular weight excluding hydrogens is 98.1 g/mol. The van der Waals surface area contributed by atoms with E-state index in [1.54, 1.807) is 6.08 Å². The molecule has 0 fully saturated rings. The summed E-state index contributed by atoms with van der Waals surface area (Å²) in [4.78, 5) is 0. The Labute approximate surface area is 50.9 Å². The van der Waals surface area contributed by atoms with E-state index in [1.165, 1.54) is 5.57 Å². The van der Waals surface area contributed by atoms with Gasteiger partial charge in [-0.15, -0.1) is 0 Å². The predicted molar refractivity (Wildman–Crippen MR) is 37.6 cm³/mol. The fraction of sp³-hybridized carbons (Fsp3) is 0.429. The summed E-state index contributed by atoms with van der Waals surface area (Å²) in [6.07, 6.45) is 4.74. The van der Waals surface area contributed by atoms with Crippen LogP contribution in [0.2, 0.25) is 0 Å². The molecule has 0 rings (SSSR count). The first-order valence-corrected chi connectivity index (χ1v) is 2.79. The van der Waals surface area contributed by atoms with E-state index in [2.05, 4.69) is 13.5 Å². The second-order valence-electron chi connectivity index (χ2n) is 1.79. The number of hydrogen-bond acceptors (Lipinski definition) is 1. The summed E-state index contributed by atoms with van der Waals surface area (Å²) in [6.45, 7) is 6.35. The molecule has 1 heteroatoms. The molecule has 0 saturated heterocycles. The van der Waals surface area contributed by atoms with Crippen LogP contribution in [0.15, 0.2) is 24.3 Å². The van der Waals surface area contributed by atoms with Gasteiger partial charge in [0.2, 0.25) is 0 Å². The molecule has 0 atom stereocenters. The number of nitrogens with two attached hydrogens (primary N) is 1. The van der Waals surface area contributed by atoms with Gasteiger partial charge < -0.3 is 5.73 Å². The van der Waals surface area contributed by atoms with Gasteiger partial charge in [-0.2, -0.15) is 0 Å². The Balaban J connectivity index is 3.44. The molecule has 0 bridgehead atoms. The van der Waals surface area contributed by atoms with Crippen LogP contribution in [0.4, 0.5) is 0 Å². The van der Waals surface area contributed by atoms with Crippen LogP contribution in [-0.2, 0) is 0 Å². The molecule has 0 radical (unpaired) electrons. The number of hydrogen-bond donors (Lipinski definition) is 1. The van der Waals surface area contributed by atoms with Crippen molar-refractivity contribution in [3.05, 3.63) is 24.3 Å². The first-order chi connectivity index (χ1) is 3.81. The lowest BCUT2D eigenvalue weighted by molar-refractivity contribution is 0.951. The topological polar surface area (TPSA) is 26.0 Å². The monoisotopic (exact) mass is 111 g/mol. The lowest BCUT2D eigenvalue weighted by Gasteiger charge is -1.91. The van der Waals surface area contributed by atoms with Crippen molar-refractivity contribution in [3.8, 4) is 0 Å². The second-order valence-corrected chi connectivity index (χ2v) is 1.79. The van der Waals surface area contributed by atoms with Crippen molar-refractivity contribution in [1.29, 1.82) is 0 Å². The zero-order valence-corrected chi connectivity index (χ0v) is 5.35. The van der Waals surface area contributed by atoms with Crippen molar-refractivity contribution < 1.29 is 0 Å². The maximum Gasteiger partial charge on any atom is -0.00399 e. The lowest BCUT2D eigenvalue weighted by Crippen LogP contribution is -1.97. The van der Waals surface area contributed by atoms with Crippen molar-refractivity contribution in [2.45, 2.75) is 13.3 Å². The SMILES string of the molecule is C=C/C=C(\C)CCN. The average molecular weight is 111 g/mol. The van der Waals surface area contributed by atoms with E-state index >= 15 is 0 Å². The molecule has 8 heavy (non-hydrogen) atoms. The van der Waals surface area contributed by atoms with Gasteiger partial charge in [0.05, 0.1) is 0 Å². The normalized spacial score (nSPS) is 11.5. The zero-order valence-electron chi connectivity index (χ0n) is 5.35. The van der Waals surface area contributed by atoms with Crippen LogP contribution in [0.3, 0.4) is 0 Å². The van der Waals surface area contributed by atoms with E-state index in [-0.39, 0.29) is 0 Å². The van der Waals surface area contributed by atoms with E-state index in [0.29, 0.717) is 0 Å². The number of allylic oxidation sites excluding steroid dienone is 2. The highest BCUT2D eigenvalue weighted by Gasteiger charge is 1.81. The predicted octanol–water partition coefficient (Wildman–Crippen LogP) is 1.47. The number of rotatable bonds is 3. The zero-order chi connectivity index (χ0) is 6.41. The summed E-state index contributed by atoms with van der Waals surface area (Å²) in [5, 5.41) is 0. The molecule has 0 amide bonds. The highest BCUT2D eigenvalue weighted by Crippen LogP contribution is 1.95. The van der Waals surface area contributed by atoms with Crippen molar-refractivity contribution in [3.63, 3.8) is 0 Å². The Kier molecular flexibility index (Phi) is 4.27. The maximum atomic E-state index is 5.28. The van der Waals surface area contributed by atoms with E-state index in [0.717, 1.165) is 13.0 Å². The summed E-state index contributed by atoms with van der Waals surface area (Å²) < 4.78 is 0. The summed E-state index contributed by atoms with van der Waals surface area (Å²) in [7, 11) is 0. The molecule has 0 unspecified atom stereocenters. The van der Waals surface area contributed by atoms with Gasteiger partial charge in [-0.1, -0.05) is 24.3 Å². The highest BCUT2D eigenvalue weighted by molar-refractivity contribution is 5.07. The van der Waals surface area contributed by atoms with Crippen LogP contribution in [0, 0.1) is 0 Å². The van der Waals surface area contributed by atoms with Gasteiger partial charge in [-0.05, 0) is 19.9 Å². The van der Waals surface area contributed by atoms with Crippen LogP contribution in [0.25, 0.3) is 0 Å². The minimum absolute atomic E-state index is 0.732. The van der Waals surface area contributed by atoms with Crippen molar-refractivity contribution in [2.24, 2.45) is 5.73 Å². The molecule has 1 nitrogen and oxygen atoms in total. The van der Waals surface area contributed by atoms with Gasteiger partial charge in [-0.25, -0.2) is 0 Å². The highest BCUT2D eigenvalue weighted by atomic mass is 14.5. The molecule has 46 valence electrons. The molecular formula is C7H13N. The summed E-state index contributed by atoms with van der Waals surface area (Å²) in [5.74, 6) is 0. The van der Waals surface area contributed by atoms with Crippen molar-refractivity contribution in [2.75, 3.05) is 6.54 Å². The lowest BCUT2D eigenvalue weighted by atomic mass is 10.2. The summed E-state index contributed by atoms with van der Waals surface area (Å²) in [5.41, 5.74) is 6.58. The van der Waals surface area contributed by atoms with Gasteiger partial charge in [-0.3, -0.25) is 0 Å². The van der Waals surface area contributed by atoms with Crippen LogP contribution in [0.5, 0.6) is 0 Å². The van der Waals surface area contributed by atoms with Gasteiger partial charge in [0.25, 0.3) is 0 Å². The summed E-state index contributed by atoms with van der Waals surface area (Å²) in [6, 6.07) is 0. The Morgan fingerprint density at radius 1 is 1.75 bits per heavy atom. The third-order valence-electron chi connectivity index (χ3n) is 0.941. The largest absolute Gasteiger partial charge is 0.330 e. The molecule has 0 spiro atoms. The maximum absolute atomic E-state index is 5.28. The van der Waals surface area contributed by atoms with Gasteiger partial charge in [0, 0.05) is 0 Å². The average Bonchev–Trinajstić information content (AvgIpc) is 1.68. The molecule has 0 heterocycles. The molecule has 0 aliphatic rings. The first-order valence-electron chi connectivity index (χ1n) is 2.79. The first kappa shape index (κ1) is 7.44. The van der Waals surface area contributed by atoms with Gasteiger partial charge in [0.15, 0.2) is 0 Å². The van der Waals surface area contributed by atoms with Gasteiger partial charge in [0.1, 0.15) is 0 Å². The van der Waals surface area contributed by atoms with Crippen LogP contribution in [0.1, 0.15) is 13.3 Å². The standard InChI is InChI=1S/C7H13N/c1-3-4-7(2)5-6-8/h3-4H,1,5-6,8H2,2H3/b7-4+. The molecule has 0 aromatic heterocycles. The molecule has 2 N–H and O–H groups in total. The minimum atomic E-state index is 0.732. The van der Waals surface area contributed by atoms with Crippen LogP contribution in [-0.4, -0.2) is 6.54 Å². The smallest absolute Gasteiger partial charge is 0.00399 e. The molecule has 0 aliphatic carbocycles. The quantitative estimate of drug-likeness (QED) is 0.548. The van der Waals surface area contributed by atoms with E-state index in [9.17, 15) is 0 Å². The van der Waals surface area contributed by atoms with Gasteiger partial charge >= 0.3 is 0 Å². The molecule has 0 saturated carbocycles. The third kappa shape index (κ3) is 3.62. The minimum Gasteiger partial charge on any atom is -0.330 e. The van der Waals surface area contributed by atoms with E-state index in [1.807, 2.05) is 6.08 Å². The molecule has 0 aromatic rings. The van der Waals surface area contributed by atoms with Crippen LogP contribution >= 0.6 is 0 Å². The van der Waals surface area contributed by atoms with Crippen molar-refractivity contribution in [1.82, 2.24) is 0 Å². The summed E-state index contributed by atoms with van der Waals surface area (Å²) >= 11 is 0. The Morgan fingerprint density at radius 2 is 2.38 bits per heavy atom. The fourth-order valence-corrected chi connectivity index (χ4v) is 0.512. The Morgan fingerprint density at radius 3 is 2.75 bits per heavy atom. The third-order valence-corrected chi connectivity index (χ3v) is 0.941. The molecule has 0 aromatic carbocycles.